The number of amides is 1. The van der Waals surface area contributed by atoms with Crippen LogP contribution in [-0.2, 0) is 9.53 Å². The Bertz CT molecular complexity index is 485. The molecule has 2 atom stereocenters. The van der Waals surface area contributed by atoms with Gasteiger partial charge in [0, 0.05) is 52.2 Å². The highest BCUT2D eigenvalue weighted by atomic mass is 35.5. The molecule has 2 saturated heterocycles. The lowest BCUT2D eigenvalue weighted by Crippen LogP contribution is -2.53. The van der Waals surface area contributed by atoms with Crippen LogP contribution in [0.5, 0.6) is 0 Å². The summed E-state index contributed by atoms with van der Waals surface area (Å²) in [4.78, 5) is 25.0. The van der Waals surface area contributed by atoms with Crippen molar-refractivity contribution in [2.45, 2.75) is 18.6 Å². The molecule has 0 bridgehead atoms. The first kappa shape index (κ1) is 19.9. The van der Waals surface area contributed by atoms with E-state index in [0.29, 0.717) is 13.1 Å². The van der Waals surface area contributed by atoms with Crippen LogP contribution in [0.3, 0.4) is 0 Å². The summed E-state index contributed by atoms with van der Waals surface area (Å²) >= 11 is 0. The lowest BCUT2D eigenvalue weighted by molar-refractivity contribution is -0.133. The molecule has 130 valence electrons. The summed E-state index contributed by atoms with van der Waals surface area (Å²) in [7, 11) is 1.69. The summed E-state index contributed by atoms with van der Waals surface area (Å²) in [6.45, 7) is 3.73. The molecular formula is C14H23Cl2N5O2. The normalized spacial score (nSPS) is 23.9. The Balaban J connectivity index is 0.00000132. The molecule has 0 unspecified atom stereocenters. The Morgan fingerprint density at radius 3 is 2.43 bits per heavy atom. The highest BCUT2D eigenvalue weighted by Gasteiger charge is 2.33. The van der Waals surface area contributed by atoms with Gasteiger partial charge in [-0.3, -0.25) is 4.79 Å². The van der Waals surface area contributed by atoms with Crippen molar-refractivity contribution >= 4 is 36.7 Å². The molecule has 23 heavy (non-hydrogen) atoms. The van der Waals surface area contributed by atoms with E-state index in [-0.39, 0.29) is 42.9 Å². The SMILES string of the molecule is CO[C@@H]1CN[C@H](C(=O)N2CCN(c3ncccn3)CC2)C1.Cl.Cl. The van der Waals surface area contributed by atoms with E-state index in [1.807, 2.05) is 4.90 Å². The predicted octanol–water partition coefficient (Wildman–Crippen LogP) is 0.346. The number of rotatable bonds is 3. The van der Waals surface area contributed by atoms with Crippen LogP contribution in [0.25, 0.3) is 0 Å². The first-order valence-electron chi connectivity index (χ1n) is 7.35. The number of carbonyl (C=O) groups excluding carboxylic acids is 1. The largest absolute Gasteiger partial charge is 0.380 e. The minimum atomic E-state index is -0.102. The zero-order chi connectivity index (χ0) is 14.7. The molecule has 9 heteroatoms. The average Bonchev–Trinajstić information content (AvgIpc) is 3.04. The second-order valence-electron chi connectivity index (χ2n) is 5.42. The van der Waals surface area contributed by atoms with Crippen LogP contribution in [0.4, 0.5) is 5.95 Å². The van der Waals surface area contributed by atoms with Gasteiger partial charge in [-0.2, -0.15) is 0 Å². The van der Waals surface area contributed by atoms with Crippen LogP contribution < -0.4 is 10.2 Å². The van der Waals surface area contributed by atoms with E-state index in [1.165, 1.54) is 0 Å². The number of aromatic nitrogens is 2. The van der Waals surface area contributed by atoms with Crippen LogP contribution in [0, 0.1) is 0 Å². The van der Waals surface area contributed by atoms with E-state index in [9.17, 15) is 4.79 Å². The molecule has 0 aliphatic carbocycles. The van der Waals surface area contributed by atoms with Crippen molar-refractivity contribution in [2.24, 2.45) is 0 Å². The van der Waals surface area contributed by atoms with Gasteiger partial charge in [0.05, 0.1) is 12.1 Å². The van der Waals surface area contributed by atoms with Crippen LogP contribution in [-0.4, -0.2) is 72.8 Å². The van der Waals surface area contributed by atoms with Crippen molar-refractivity contribution in [3.8, 4) is 0 Å². The Labute approximate surface area is 148 Å². The number of methoxy groups -OCH3 is 1. The average molecular weight is 364 g/mol. The zero-order valence-corrected chi connectivity index (χ0v) is 14.7. The Morgan fingerprint density at radius 2 is 1.87 bits per heavy atom. The summed E-state index contributed by atoms with van der Waals surface area (Å²) in [5.41, 5.74) is 0. The third-order valence-electron chi connectivity index (χ3n) is 4.15. The third kappa shape index (κ3) is 4.67. The van der Waals surface area contributed by atoms with E-state index < -0.39 is 0 Å². The van der Waals surface area contributed by atoms with Gasteiger partial charge in [-0.25, -0.2) is 9.97 Å². The number of nitrogens with one attached hydrogen (secondary N) is 1. The minimum absolute atomic E-state index is 0. The lowest BCUT2D eigenvalue weighted by Gasteiger charge is -2.35. The van der Waals surface area contributed by atoms with Crippen LogP contribution in [0.15, 0.2) is 18.5 Å². The molecule has 2 fully saturated rings. The van der Waals surface area contributed by atoms with Gasteiger partial charge in [0.25, 0.3) is 0 Å². The number of halogens is 2. The van der Waals surface area contributed by atoms with Gasteiger partial charge >= 0.3 is 0 Å². The smallest absolute Gasteiger partial charge is 0.239 e. The summed E-state index contributed by atoms with van der Waals surface area (Å²) < 4.78 is 5.30. The maximum Gasteiger partial charge on any atom is 0.239 e. The van der Waals surface area contributed by atoms with Gasteiger partial charge in [0.2, 0.25) is 11.9 Å². The van der Waals surface area contributed by atoms with Gasteiger partial charge in [0.1, 0.15) is 0 Å². The van der Waals surface area contributed by atoms with Gasteiger partial charge in [-0.15, -0.1) is 24.8 Å². The first-order chi connectivity index (χ1) is 10.3. The van der Waals surface area contributed by atoms with Crippen molar-refractivity contribution in [2.75, 3.05) is 44.7 Å². The van der Waals surface area contributed by atoms with E-state index >= 15 is 0 Å². The number of nitrogens with zero attached hydrogens (tertiary/aromatic N) is 4. The predicted molar refractivity (Wildman–Crippen MR) is 92.5 cm³/mol. The highest BCUT2D eigenvalue weighted by molar-refractivity contribution is 5.85. The van der Waals surface area contributed by atoms with Crippen molar-refractivity contribution in [3.05, 3.63) is 18.5 Å². The second kappa shape index (κ2) is 9.22. The number of carbonyl (C=O) groups is 1. The second-order valence-corrected chi connectivity index (χ2v) is 5.42. The summed E-state index contributed by atoms with van der Waals surface area (Å²) in [6, 6.07) is 1.70. The van der Waals surface area contributed by atoms with Crippen LogP contribution in [0.2, 0.25) is 0 Å². The summed E-state index contributed by atoms with van der Waals surface area (Å²) in [5.74, 6) is 0.922. The van der Waals surface area contributed by atoms with Gasteiger partial charge in [-0.05, 0) is 12.5 Å². The van der Waals surface area contributed by atoms with Crippen LogP contribution in [0.1, 0.15) is 6.42 Å². The number of hydrogen-bond donors (Lipinski definition) is 1. The monoisotopic (exact) mass is 363 g/mol. The first-order valence-corrected chi connectivity index (χ1v) is 7.35. The minimum Gasteiger partial charge on any atom is -0.380 e. The molecule has 0 spiro atoms. The van der Waals surface area contributed by atoms with E-state index in [0.717, 1.165) is 32.0 Å². The van der Waals surface area contributed by atoms with Crippen molar-refractivity contribution in [1.82, 2.24) is 20.2 Å². The maximum absolute atomic E-state index is 12.5. The number of anilines is 1. The quantitative estimate of drug-likeness (QED) is 0.835. The molecule has 2 aliphatic heterocycles. The fourth-order valence-corrected chi connectivity index (χ4v) is 2.87. The topological polar surface area (TPSA) is 70.6 Å². The van der Waals surface area contributed by atoms with Gasteiger partial charge in [0.15, 0.2) is 0 Å². The Hall–Kier alpha value is -1.15. The van der Waals surface area contributed by atoms with Crippen molar-refractivity contribution in [1.29, 1.82) is 0 Å². The maximum atomic E-state index is 12.5. The fourth-order valence-electron chi connectivity index (χ4n) is 2.87. The summed E-state index contributed by atoms with van der Waals surface area (Å²) in [5, 5.41) is 3.24. The van der Waals surface area contributed by atoms with Crippen LogP contribution >= 0.6 is 24.8 Å². The molecular weight excluding hydrogens is 341 g/mol. The van der Waals surface area contributed by atoms with E-state index in [4.69, 9.17) is 4.74 Å². The van der Waals surface area contributed by atoms with Crippen molar-refractivity contribution in [3.63, 3.8) is 0 Å². The molecule has 7 nitrogen and oxygen atoms in total. The molecule has 3 heterocycles. The molecule has 0 radical (unpaired) electrons. The molecule has 1 amide bonds. The Morgan fingerprint density at radius 1 is 1.22 bits per heavy atom. The van der Waals surface area contributed by atoms with Gasteiger partial charge < -0.3 is 19.9 Å². The highest BCUT2D eigenvalue weighted by Crippen LogP contribution is 2.15. The molecule has 0 aromatic carbocycles. The molecule has 1 N–H and O–H groups in total. The molecule has 3 rings (SSSR count). The standard InChI is InChI=1S/C14H21N5O2.2ClH/c1-21-11-9-12(17-10-11)13(20)18-5-7-19(8-6-18)14-15-3-2-4-16-14;;/h2-4,11-12,17H,5-10H2,1H3;2*1H/t11-,12-;;/m0../s1. The number of ether oxygens (including phenoxy) is 1. The fraction of sp³-hybridized carbons (Fsp3) is 0.643. The molecule has 2 aliphatic rings. The Kier molecular flexibility index (Phi) is 7.98. The number of piperazine rings is 1. The lowest BCUT2D eigenvalue weighted by atomic mass is 10.1. The summed E-state index contributed by atoms with van der Waals surface area (Å²) in [6.07, 6.45) is 4.40. The van der Waals surface area contributed by atoms with E-state index in [2.05, 4.69) is 20.2 Å². The van der Waals surface area contributed by atoms with E-state index in [1.54, 1.807) is 25.6 Å². The van der Waals surface area contributed by atoms with Gasteiger partial charge in [-0.1, -0.05) is 0 Å². The third-order valence-corrected chi connectivity index (χ3v) is 4.15. The molecule has 0 saturated carbocycles. The number of hydrogen-bond acceptors (Lipinski definition) is 6. The van der Waals surface area contributed by atoms with Crippen molar-refractivity contribution < 1.29 is 9.53 Å². The molecule has 1 aromatic rings. The zero-order valence-electron chi connectivity index (χ0n) is 13.1. The molecule has 1 aromatic heterocycles.